The Labute approximate surface area is 119 Å². The largest absolute Gasteiger partial charge is 0.389 e. The van der Waals surface area contributed by atoms with E-state index in [2.05, 4.69) is 19.2 Å². The number of hydrogen-bond acceptors (Lipinski definition) is 2. The van der Waals surface area contributed by atoms with Crippen molar-refractivity contribution < 1.29 is 4.39 Å². The Balaban J connectivity index is 2.02. The lowest BCUT2D eigenvalue weighted by atomic mass is 9.75. The van der Waals surface area contributed by atoms with Gasteiger partial charge in [0.1, 0.15) is 10.8 Å². The highest BCUT2D eigenvalue weighted by Crippen LogP contribution is 2.36. The van der Waals surface area contributed by atoms with E-state index in [1.54, 1.807) is 12.1 Å². The van der Waals surface area contributed by atoms with Crippen LogP contribution in [0.1, 0.15) is 45.1 Å². The van der Waals surface area contributed by atoms with Gasteiger partial charge in [-0.05, 0) is 49.3 Å². The van der Waals surface area contributed by atoms with Crippen LogP contribution in [0.3, 0.4) is 0 Å². The first-order valence-corrected chi connectivity index (χ1v) is 7.14. The minimum absolute atomic E-state index is 0.227. The van der Waals surface area contributed by atoms with Gasteiger partial charge in [-0.1, -0.05) is 26.1 Å². The van der Waals surface area contributed by atoms with E-state index in [0.29, 0.717) is 22.7 Å². The molecular weight excluding hydrogens is 259 g/mol. The van der Waals surface area contributed by atoms with E-state index in [0.717, 1.165) is 12.8 Å². The number of nitrogens with one attached hydrogen (secondary N) is 1. The number of halogens is 1. The van der Waals surface area contributed by atoms with E-state index >= 15 is 0 Å². The molecule has 1 saturated carbocycles. The lowest BCUT2D eigenvalue weighted by Crippen LogP contribution is -2.30. The molecule has 1 aliphatic carbocycles. The molecule has 0 spiro atoms. The maximum absolute atomic E-state index is 13.9. The molecule has 0 amide bonds. The molecule has 2 rings (SSSR count). The summed E-state index contributed by atoms with van der Waals surface area (Å²) < 4.78 is 13.9. The second kappa shape index (κ2) is 5.45. The van der Waals surface area contributed by atoms with Crippen molar-refractivity contribution in [1.29, 1.82) is 0 Å². The van der Waals surface area contributed by atoms with Crippen LogP contribution in [0.5, 0.6) is 0 Å². The van der Waals surface area contributed by atoms with Crippen LogP contribution < -0.4 is 11.1 Å². The predicted octanol–water partition coefficient (Wildman–Crippen LogP) is 3.84. The molecule has 3 N–H and O–H groups in total. The molecule has 0 heterocycles. The molecule has 0 saturated heterocycles. The monoisotopic (exact) mass is 280 g/mol. The van der Waals surface area contributed by atoms with Crippen molar-refractivity contribution in [2.45, 2.75) is 45.6 Å². The Bertz CT molecular complexity index is 475. The minimum atomic E-state index is -0.282. The summed E-state index contributed by atoms with van der Waals surface area (Å²) in [6, 6.07) is 5.25. The number of hydrogen-bond donors (Lipinski definition) is 2. The molecule has 4 heteroatoms. The SMILES string of the molecule is CC1(C)CCC(Nc2ccc(C(N)=S)cc2F)CC1. The van der Waals surface area contributed by atoms with E-state index in [1.807, 2.05) is 0 Å². The average molecular weight is 280 g/mol. The predicted molar refractivity (Wildman–Crippen MR) is 81.9 cm³/mol. The Hall–Kier alpha value is -1.16. The zero-order valence-corrected chi connectivity index (χ0v) is 12.3. The third kappa shape index (κ3) is 3.66. The summed E-state index contributed by atoms with van der Waals surface area (Å²) in [5.74, 6) is -0.282. The molecule has 0 aromatic heterocycles. The zero-order valence-electron chi connectivity index (χ0n) is 11.5. The summed E-state index contributed by atoms with van der Waals surface area (Å²) in [7, 11) is 0. The number of benzene rings is 1. The van der Waals surface area contributed by atoms with Crippen molar-refractivity contribution in [3.05, 3.63) is 29.6 Å². The fraction of sp³-hybridized carbons (Fsp3) is 0.533. The van der Waals surface area contributed by atoms with Gasteiger partial charge in [-0.2, -0.15) is 0 Å². The standard InChI is InChI=1S/C15H21FN2S/c1-15(2)7-5-11(6-8-15)18-13-4-3-10(14(17)19)9-12(13)16/h3-4,9,11,18H,5-8H2,1-2H3,(H2,17,19). The molecule has 2 nitrogen and oxygen atoms in total. The van der Waals surface area contributed by atoms with E-state index in [4.69, 9.17) is 18.0 Å². The summed E-state index contributed by atoms with van der Waals surface area (Å²) in [6.45, 7) is 4.58. The molecule has 0 radical (unpaired) electrons. The first-order chi connectivity index (χ1) is 8.87. The number of rotatable bonds is 3. The molecule has 0 bridgehead atoms. The van der Waals surface area contributed by atoms with Gasteiger partial charge in [-0.25, -0.2) is 4.39 Å². The Kier molecular flexibility index (Phi) is 4.09. The van der Waals surface area contributed by atoms with Crippen molar-refractivity contribution in [3.63, 3.8) is 0 Å². The van der Waals surface area contributed by atoms with Crippen LogP contribution in [0.25, 0.3) is 0 Å². The first-order valence-electron chi connectivity index (χ1n) is 6.73. The fourth-order valence-corrected chi connectivity index (χ4v) is 2.68. The fourth-order valence-electron chi connectivity index (χ4n) is 2.55. The van der Waals surface area contributed by atoms with Crippen LogP contribution in [-0.4, -0.2) is 11.0 Å². The highest BCUT2D eigenvalue weighted by Gasteiger charge is 2.26. The minimum Gasteiger partial charge on any atom is -0.389 e. The molecule has 0 unspecified atom stereocenters. The van der Waals surface area contributed by atoms with Crippen LogP contribution in [0.4, 0.5) is 10.1 Å². The van der Waals surface area contributed by atoms with Crippen molar-refractivity contribution in [1.82, 2.24) is 0 Å². The summed E-state index contributed by atoms with van der Waals surface area (Å²) in [5, 5.41) is 3.29. The van der Waals surface area contributed by atoms with Gasteiger partial charge in [-0.3, -0.25) is 0 Å². The van der Waals surface area contributed by atoms with Crippen LogP contribution in [0.15, 0.2) is 18.2 Å². The van der Waals surface area contributed by atoms with Gasteiger partial charge in [0.05, 0.1) is 5.69 Å². The molecule has 1 aliphatic rings. The maximum atomic E-state index is 13.9. The second-order valence-electron chi connectivity index (χ2n) is 6.14. The average Bonchev–Trinajstić information content (AvgIpc) is 2.34. The number of anilines is 1. The first kappa shape index (κ1) is 14.3. The highest BCUT2D eigenvalue weighted by molar-refractivity contribution is 7.80. The van der Waals surface area contributed by atoms with Crippen LogP contribution >= 0.6 is 12.2 Å². The van der Waals surface area contributed by atoms with Crippen LogP contribution in [-0.2, 0) is 0 Å². The summed E-state index contributed by atoms with van der Waals surface area (Å²) in [4.78, 5) is 0.227. The molecular formula is C15H21FN2S. The van der Waals surface area contributed by atoms with E-state index in [1.165, 1.54) is 18.9 Å². The Morgan fingerprint density at radius 3 is 2.53 bits per heavy atom. The Morgan fingerprint density at radius 1 is 1.37 bits per heavy atom. The van der Waals surface area contributed by atoms with Crippen LogP contribution in [0, 0.1) is 11.2 Å². The number of nitrogens with two attached hydrogens (primary N) is 1. The van der Waals surface area contributed by atoms with E-state index in [-0.39, 0.29) is 10.8 Å². The highest BCUT2D eigenvalue weighted by atomic mass is 32.1. The van der Waals surface area contributed by atoms with Crippen molar-refractivity contribution >= 4 is 22.9 Å². The normalized spacial score (nSPS) is 19.1. The lowest BCUT2D eigenvalue weighted by Gasteiger charge is -2.35. The molecule has 0 aliphatic heterocycles. The summed E-state index contributed by atoms with van der Waals surface area (Å²) in [6.07, 6.45) is 4.53. The third-order valence-corrected chi connectivity index (χ3v) is 4.19. The molecule has 1 aromatic rings. The smallest absolute Gasteiger partial charge is 0.146 e. The maximum Gasteiger partial charge on any atom is 0.146 e. The quantitative estimate of drug-likeness (QED) is 0.826. The van der Waals surface area contributed by atoms with Gasteiger partial charge in [0, 0.05) is 11.6 Å². The lowest BCUT2D eigenvalue weighted by molar-refractivity contribution is 0.232. The number of thiocarbonyl (C=S) groups is 1. The van der Waals surface area contributed by atoms with Gasteiger partial charge in [0.25, 0.3) is 0 Å². The second-order valence-corrected chi connectivity index (χ2v) is 6.58. The Morgan fingerprint density at radius 2 is 2.00 bits per heavy atom. The van der Waals surface area contributed by atoms with E-state index < -0.39 is 0 Å². The van der Waals surface area contributed by atoms with Crippen molar-refractivity contribution in [3.8, 4) is 0 Å². The zero-order chi connectivity index (χ0) is 14.0. The van der Waals surface area contributed by atoms with Gasteiger partial charge in [0.15, 0.2) is 0 Å². The molecule has 104 valence electrons. The topological polar surface area (TPSA) is 38.0 Å². The van der Waals surface area contributed by atoms with Gasteiger partial charge >= 0.3 is 0 Å². The van der Waals surface area contributed by atoms with Crippen molar-refractivity contribution in [2.24, 2.45) is 11.1 Å². The molecule has 0 atom stereocenters. The molecule has 19 heavy (non-hydrogen) atoms. The van der Waals surface area contributed by atoms with Crippen LogP contribution in [0.2, 0.25) is 0 Å². The summed E-state index contributed by atoms with van der Waals surface area (Å²) >= 11 is 4.84. The van der Waals surface area contributed by atoms with E-state index in [9.17, 15) is 4.39 Å². The summed E-state index contributed by atoms with van der Waals surface area (Å²) in [5.41, 5.74) is 7.03. The molecule has 1 aromatic carbocycles. The van der Waals surface area contributed by atoms with Crippen molar-refractivity contribution in [2.75, 3.05) is 5.32 Å². The van der Waals surface area contributed by atoms with Gasteiger partial charge in [0.2, 0.25) is 0 Å². The van der Waals surface area contributed by atoms with Gasteiger partial charge in [-0.15, -0.1) is 0 Å². The third-order valence-electron chi connectivity index (χ3n) is 3.95. The van der Waals surface area contributed by atoms with Gasteiger partial charge < -0.3 is 11.1 Å². The molecule has 1 fully saturated rings.